The van der Waals surface area contributed by atoms with E-state index in [1.165, 1.54) is 0 Å². The Morgan fingerprint density at radius 3 is 2.64 bits per heavy atom. The van der Waals surface area contributed by atoms with Gasteiger partial charge in [0.15, 0.2) is 0 Å². The van der Waals surface area contributed by atoms with Gasteiger partial charge in [0, 0.05) is 29.4 Å². The summed E-state index contributed by atoms with van der Waals surface area (Å²) in [5.74, 6) is 0.800. The average molecular weight is 397 g/mol. The predicted molar refractivity (Wildman–Crippen MR) is 114 cm³/mol. The molecule has 1 heterocycles. The first-order chi connectivity index (χ1) is 13.6. The topological polar surface area (TPSA) is 66.5 Å². The van der Waals surface area contributed by atoms with Crippen molar-refractivity contribution in [1.82, 2.24) is 15.2 Å². The summed E-state index contributed by atoms with van der Waals surface area (Å²) in [6.07, 6.45) is 1.78. The van der Waals surface area contributed by atoms with Crippen molar-refractivity contribution in [2.24, 2.45) is 0 Å². The summed E-state index contributed by atoms with van der Waals surface area (Å²) in [6.45, 7) is 0.475. The van der Waals surface area contributed by atoms with Gasteiger partial charge >= 0.3 is 6.03 Å². The van der Waals surface area contributed by atoms with Crippen molar-refractivity contribution >= 4 is 23.1 Å². The van der Waals surface area contributed by atoms with Crippen molar-refractivity contribution in [2.75, 3.05) is 33.1 Å². The molecule has 0 radical (unpaired) electrons. The second kappa shape index (κ2) is 9.34. The lowest BCUT2D eigenvalue weighted by Gasteiger charge is -2.25. The molecule has 0 aliphatic carbocycles. The molecular formula is C21H24N4O2S. The minimum Gasteiger partial charge on any atom is -0.497 e. The number of urea groups is 1. The van der Waals surface area contributed by atoms with E-state index >= 15 is 0 Å². The Kier molecular flexibility index (Phi) is 6.62. The highest BCUT2D eigenvalue weighted by Gasteiger charge is 2.16. The molecule has 2 amide bonds. The summed E-state index contributed by atoms with van der Waals surface area (Å²) in [4.78, 5) is 18.7. The van der Waals surface area contributed by atoms with Crippen LogP contribution >= 0.6 is 11.3 Å². The third-order valence-electron chi connectivity index (χ3n) is 4.38. The zero-order valence-electron chi connectivity index (χ0n) is 16.2. The van der Waals surface area contributed by atoms with E-state index in [9.17, 15) is 4.79 Å². The van der Waals surface area contributed by atoms with Crippen LogP contribution in [0.25, 0.3) is 10.6 Å². The van der Waals surface area contributed by atoms with Crippen molar-refractivity contribution in [3.63, 3.8) is 0 Å². The molecule has 1 unspecified atom stereocenters. The molecule has 3 rings (SSSR count). The zero-order chi connectivity index (χ0) is 19.9. The van der Waals surface area contributed by atoms with Gasteiger partial charge in [-0.05, 0) is 56.1 Å². The molecule has 0 fully saturated rings. The summed E-state index contributed by atoms with van der Waals surface area (Å²) in [6, 6.07) is 15.3. The Balaban J connectivity index is 1.58. The number of thiazole rings is 1. The van der Waals surface area contributed by atoms with Gasteiger partial charge in [-0.3, -0.25) is 0 Å². The smallest absolute Gasteiger partial charge is 0.319 e. The summed E-state index contributed by atoms with van der Waals surface area (Å²) in [5.41, 5.74) is 2.85. The number of nitrogens with one attached hydrogen (secondary N) is 2. The third kappa shape index (κ3) is 5.09. The molecule has 3 aromatic rings. The van der Waals surface area contributed by atoms with Crippen LogP contribution in [0.2, 0.25) is 0 Å². The third-order valence-corrected chi connectivity index (χ3v) is 5.20. The molecule has 28 heavy (non-hydrogen) atoms. The van der Waals surface area contributed by atoms with Crippen LogP contribution in [-0.4, -0.2) is 43.7 Å². The lowest BCUT2D eigenvalue weighted by atomic mass is 10.1. The summed E-state index contributed by atoms with van der Waals surface area (Å²) in [7, 11) is 5.62. The molecular weight excluding hydrogens is 372 g/mol. The number of carbonyl (C=O) groups is 1. The SMILES string of the molecule is COc1cccc(C(CNC(=O)Nc2ccc(-c3nccs3)cc2)N(C)C)c1. The van der Waals surface area contributed by atoms with Gasteiger partial charge in [-0.1, -0.05) is 12.1 Å². The molecule has 7 heteroatoms. The molecule has 0 saturated heterocycles. The van der Waals surface area contributed by atoms with Gasteiger partial charge in [-0.2, -0.15) is 0 Å². The number of hydrogen-bond donors (Lipinski definition) is 2. The lowest BCUT2D eigenvalue weighted by molar-refractivity contribution is 0.243. The van der Waals surface area contributed by atoms with Crippen molar-refractivity contribution < 1.29 is 9.53 Å². The molecule has 0 aliphatic heterocycles. The van der Waals surface area contributed by atoms with Crippen LogP contribution in [0.15, 0.2) is 60.1 Å². The standard InChI is InChI=1S/C21H24N4O2S/c1-25(2)19(16-5-4-6-18(13-16)27-3)14-23-21(26)24-17-9-7-15(8-10-17)20-22-11-12-28-20/h4-13,19H,14H2,1-3H3,(H2,23,24,26). The fraction of sp³-hybridized carbons (Fsp3) is 0.238. The Morgan fingerprint density at radius 2 is 2.00 bits per heavy atom. The first-order valence-corrected chi connectivity index (χ1v) is 9.80. The van der Waals surface area contributed by atoms with Crippen LogP contribution < -0.4 is 15.4 Å². The van der Waals surface area contributed by atoms with Crippen molar-refractivity contribution in [3.05, 3.63) is 65.7 Å². The molecule has 1 aromatic heterocycles. The number of rotatable bonds is 7. The van der Waals surface area contributed by atoms with E-state index in [1.807, 2.05) is 68.0 Å². The van der Waals surface area contributed by atoms with Crippen molar-refractivity contribution in [2.45, 2.75) is 6.04 Å². The van der Waals surface area contributed by atoms with E-state index in [4.69, 9.17) is 4.74 Å². The number of anilines is 1. The summed E-state index contributed by atoms with van der Waals surface area (Å²) in [5, 5.41) is 8.72. The Morgan fingerprint density at radius 1 is 1.21 bits per heavy atom. The van der Waals surface area contributed by atoms with Gasteiger partial charge < -0.3 is 20.3 Å². The van der Waals surface area contributed by atoms with E-state index in [-0.39, 0.29) is 12.1 Å². The van der Waals surface area contributed by atoms with Gasteiger partial charge in [0.25, 0.3) is 0 Å². The summed E-state index contributed by atoms with van der Waals surface area (Å²) < 4.78 is 5.30. The van der Waals surface area contributed by atoms with Crippen LogP contribution in [0.3, 0.4) is 0 Å². The van der Waals surface area contributed by atoms with Crippen LogP contribution in [-0.2, 0) is 0 Å². The molecule has 0 bridgehead atoms. The Hall–Kier alpha value is -2.90. The normalized spacial score (nSPS) is 11.9. The number of nitrogens with zero attached hydrogens (tertiary/aromatic N) is 2. The molecule has 0 spiro atoms. The Labute approximate surface area is 169 Å². The number of benzene rings is 2. The first-order valence-electron chi connectivity index (χ1n) is 8.92. The van der Waals surface area contributed by atoms with Gasteiger partial charge in [0.05, 0.1) is 13.2 Å². The van der Waals surface area contributed by atoms with Crippen LogP contribution in [0, 0.1) is 0 Å². The fourth-order valence-corrected chi connectivity index (χ4v) is 3.52. The minimum atomic E-state index is -0.239. The predicted octanol–water partition coefficient (Wildman–Crippen LogP) is 4.24. The highest BCUT2D eigenvalue weighted by Crippen LogP contribution is 2.24. The summed E-state index contributed by atoms with van der Waals surface area (Å²) >= 11 is 1.59. The van der Waals surface area contributed by atoms with Crippen molar-refractivity contribution in [3.8, 4) is 16.3 Å². The van der Waals surface area contributed by atoms with Crippen LogP contribution in [0.5, 0.6) is 5.75 Å². The van der Waals surface area contributed by atoms with E-state index in [2.05, 4.69) is 20.5 Å². The fourth-order valence-electron chi connectivity index (χ4n) is 2.87. The highest BCUT2D eigenvalue weighted by molar-refractivity contribution is 7.13. The maximum atomic E-state index is 12.3. The number of hydrogen-bond acceptors (Lipinski definition) is 5. The monoisotopic (exact) mass is 396 g/mol. The second-order valence-corrected chi connectivity index (χ2v) is 7.40. The van der Waals surface area contributed by atoms with E-state index in [0.717, 1.165) is 27.6 Å². The number of carbonyl (C=O) groups excluding carboxylic acids is 1. The largest absolute Gasteiger partial charge is 0.497 e. The maximum absolute atomic E-state index is 12.3. The van der Waals surface area contributed by atoms with E-state index in [0.29, 0.717) is 6.54 Å². The Bertz CT molecular complexity index is 895. The van der Waals surface area contributed by atoms with Gasteiger partial charge in [0.1, 0.15) is 10.8 Å². The quantitative estimate of drug-likeness (QED) is 0.627. The number of methoxy groups -OCH3 is 1. The molecule has 6 nitrogen and oxygen atoms in total. The van der Waals surface area contributed by atoms with Gasteiger partial charge in [-0.15, -0.1) is 11.3 Å². The number of likely N-dealkylation sites (N-methyl/N-ethyl adjacent to an activating group) is 1. The van der Waals surface area contributed by atoms with Gasteiger partial charge in [-0.25, -0.2) is 9.78 Å². The zero-order valence-corrected chi connectivity index (χ0v) is 17.0. The molecule has 2 N–H and O–H groups in total. The van der Waals surface area contributed by atoms with E-state index < -0.39 is 0 Å². The molecule has 2 aromatic carbocycles. The molecule has 1 atom stereocenters. The number of aromatic nitrogens is 1. The van der Waals surface area contributed by atoms with Crippen LogP contribution in [0.4, 0.5) is 10.5 Å². The average Bonchev–Trinajstić information content (AvgIpc) is 3.23. The minimum absolute atomic E-state index is 0.0353. The number of ether oxygens (including phenoxy) is 1. The second-order valence-electron chi connectivity index (χ2n) is 6.51. The maximum Gasteiger partial charge on any atom is 0.319 e. The van der Waals surface area contributed by atoms with E-state index in [1.54, 1.807) is 24.6 Å². The van der Waals surface area contributed by atoms with Crippen molar-refractivity contribution in [1.29, 1.82) is 0 Å². The molecule has 0 saturated carbocycles. The molecule has 146 valence electrons. The van der Waals surface area contributed by atoms with Gasteiger partial charge in [0.2, 0.25) is 0 Å². The lowest BCUT2D eigenvalue weighted by Crippen LogP contribution is -2.36. The van der Waals surface area contributed by atoms with Crippen LogP contribution in [0.1, 0.15) is 11.6 Å². The first kappa shape index (κ1) is 19.9. The molecule has 0 aliphatic rings. The number of amides is 2. The highest BCUT2D eigenvalue weighted by atomic mass is 32.1.